The van der Waals surface area contributed by atoms with Crippen molar-refractivity contribution in [3.63, 3.8) is 0 Å². The summed E-state index contributed by atoms with van der Waals surface area (Å²) in [5.74, 6) is -0.105. The van der Waals surface area contributed by atoms with Crippen LogP contribution in [0.2, 0.25) is 0 Å². The maximum Gasteiger partial charge on any atom is 0.223 e. The van der Waals surface area contributed by atoms with Crippen molar-refractivity contribution in [2.75, 3.05) is 19.6 Å². The van der Waals surface area contributed by atoms with E-state index in [1.54, 1.807) is 0 Å². The largest absolute Gasteiger partial charge is 0.369 e. The molecule has 1 saturated heterocycles. The number of hydrogen-bond donors (Lipinski definition) is 1. The van der Waals surface area contributed by atoms with Gasteiger partial charge in [-0.3, -0.25) is 14.5 Å². The molecule has 2 aromatic carbocycles. The van der Waals surface area contributed by atoms with Gasteiger partial charge in [0.15, 0.2) is 0 Å². The van der Waals surface area contributed by atoms with Crippen molar-refractivity contribution >= 4 is 22.6 Å². The molecule has 148 valence electrons. The van der Waals surface area contributed by atoms with Gasteiger partial charge in [-0.05, 0) is 42.0 Å². The molecule has 0 spiro atoms. The predicted molar refractivity (Wildman–Crippen MR) is 110 cm³/mol. The Balaban J connectivity index is 1.36. The Morgan fingerprint density at radius 2 is 1.71 bits per heavy atom. The molecule has 5 heteroatoms. The number of piperidine rings is 1. The monoisotopic (exact) mass is 379 g/mol. The summed E-state index contributed by atoms with van der Waals surface area (Å²) < 4.78 is 0. The van der Waals surface area contributed by atoms with E-state index in [4.69, 9.17) is 5.73 Å². The number of primary amides is 1. The summed E-state index contributed by atoms with van der Waals surface area (Å²) in [7, 11) is 0. The van der Waals surface area contributed by atoms with Gasteiger partial charge in [0, 0.05) is 44.6 Å². The summed E-state index contributed by atoms with van der Waals surface area (Å²) in [5, 5.41) is 2.57. The maximum atomic E-state index is 12.7. The van der Waals surface area contributed by atoms with Crippen molar-refractivity contribution in [2.45, 2.75) is 44.7 Å². The Labute approximate surface area is 166 Å². The third-order valence-electron chi connectivity index (χ3n) is 6.18. The number of fused-ring (bicyclic) bond motifs is 1. The average molecular weight is 380 g/mol. The van der Waals surface area contributed by atoms with Crippen LogP contribution < -0.4 is 5.73 Å². The van der Waals surface area contributed by atoms with Gasteiger partial charge in [0.1, 0.15) is 0 Å². The van der Waals surface area contributed by atoms with Crippen molar-refractivity contribution in [1.29, 1.82) is 0 Å². The zero-order valence-electron chi connectivity index (χ0n) is 16.3. The zero-order chi connectivity index (χ0) is 19.5. The first-order valence-electron chi connectivity index (χ1n) is 10.4. The molecule has 2 amide bonds. The van der Waals surface area contributed by atoms with Gasteiger partial charge in [0.2, 0.25) is 11.8 Å². The van der Waals surface area contributed by atoms with Crippen molar-refractivity contribution in [3.8, 4) is 0 Å². The Morgan fingerprint density at radius 3 is 2.43 bits per heavy atom. The van der Waals surface area contributed by atoms with Gasteiger partial charge in [-0.15, -0.1) is 0 Å². The van der Waals surface area contributed by atoms with E-state index in [-0.39, 0.29) is 17.7 Å². The van der Waals surface area contributed by atoms with Crippen LogP contribution >= 0.6 is 0 Å². The van der Waals surface area contributed by atoms with Crippen LogP contribution in [-0.2, 0) is 16.1 Å². The van der Waals surface area contributed by atoms with Gasteiger partial charge in [-0.2, -0.15) is 0 Å². The van der Waals surface area contributed by atoms with Crippen LogP contribution in [0, 0.1) is 5.92 Å². The van der Waals surface area contributed by atoms with Gasteiger partial charge in [-0.1, -0.05) is 42.5 Å². The number of rotatable bonds is 7. The van der Waals surface area contributed by atoms with Crippen LogP contribution in [0.3, 0.4) is 0 Å². The fourth-order valence-electron chi connectivity index (χ4n) is 4.29. The lowest BCUT2D eigenvalue weighted by molar-refractivity contribution is -0.135. The van der Waals surface area contributed by atoms with E-state index in [2.05, 4.69) is 47.4 Å². The molecule has 0 bridgehead atoms. The Bertz CT molecular complexity index is 849. The number of hydrogen-bond acceptors (Lipinski definition) is 3. The lowest BCUT2D eigenvalue weighted by Crippen LogP contribution is -2.42. The Morgan fingerprint density at radius 1 is 1.00 bits per heavy atom. The number of likely N-dealkylation sites (tertiary alicyclic amines) is 1. The highest BCUT2D eigenvalue weighted by atomic mass is 16.2. The number of amides is 2. The summed E-state index contributed by atoms with van der Waals surface area (Å²) in [6.45, 7) is 2.99. The van der Waals surface area contributed by atoms with E-state index in [9.17, 15) is 9.59 Å². The van der Waals surface area contributed by atoms with Gasteiger partial charge < -0.3 is 10.6 Å². The first kappa shape index (κ1) is 18.9. The Kier molecular flexibility index (Phi) is 5.62. The number of nitrogens with zero attached hydrogens (tertiary/aromatic N) is 2. The van der Waals surface area contributed by atoms with Crippen LogP contribution in [0.5, 0.6) is 0 Å². The maximum absolute atomic E-state index is 12.7. The molecule has 1 saturated carbocycles. The SMILES string of the molecule is NC(=O)C1CCN(C(=O)CCN(Cc2cccc3ccccc23)C2CC2)CC1. The highest BCUT2D eigenvalue weighted by Crippen LogP contribution is 2.30. The molecule has 0 radical (unpaired) electrons. The van der Waals surface area contributed by atoms with Crippen LogP contribution in [0.1, 0.15) is 37.7 Å². The molecular weight excluding hydrogens is 350 g/mol. The van der Waals surface area contributed by atoms with E-state index in [1.165, 1.54) is 29.2 Å². The molecule has 2 aliphatic rings. The first-order chi connectivity index (χ1) is 13.6. The zero-order valence-corrected chi connectivity index (χ0v) is 16.3. The second-order valence-corrected chi connectivity index (χ2v) is 8.15. The standard InChI is InChI=1S/C23H29N3O2/c24-23(28)18-10-13-25(14-11-18)22(27)12-15-26(20-8-9-20)16-19-6-3-5-17-4-1-2-7-21(17)19/h1-7,18,20H,8-16H2,(H2,24,28). The first-order valence-corrected chi connectivity index (χ1v) is 10.4. The Hall–Kier alpha value is -2.40. The second-order valence-electron chi connectivity index (χ2n) is 8.15. The quantitative estimate of drug-likeness (QED) is 0.804. The molecule has 2 aromatic rings. The summed E-state index contributed by atoms with van der Waals surface area (Å²) in [6.07, 6.45) is 4.39. The molecule has 2 fully saturated rings. The molecule has 0 atom stereocenters. The van der Waals surface area contributed by atoms with Gasteiger partial charge in [-0.25, -0.2) is 0 Å². The minimum atomic E-state index is -0.234. The summed E-state index contributed by atoms with van der Waals surface area (Å²) in [5.41, 5.74) is 6.72. The van der Waals surface area contributed by atoms with E-state index in [0.717, 1.165) is 13.1 Å². The van der Waals surface area contributed by atoms with E-state index in [0.29, 0.717) is 38.4 Å². The number of carbonyl (C=O) groups excluding carboxylic acids is 2. The minimum absolute atomic E-state index is 0.0709. The van der Waals surface area contributed by atoms with Crippen LogP contribution in [0.25, 0.3) is 10.8 Å². The van der Waals surface area contributed by atoms with Crippen LogP contribution in [0.15, 0.2) is 42.5 Å². The molecule has 1 aliphatic heterocycles. The highest BCUT2D eigenvalue weighted by molar-refractivity contribution is 5.85. The molecule has 4 rings (SSSR count). The molecule has 28 heavy (non-hydrogen) atoms. The molecule has 1 heterocycles. The summed E-state index contributed by atoms with van der Waals surface area (Å²) in [6, 6.07) is 15.6. The highest BCUT2D eigenvalue weighted by Gasteiger charge is 2.31. The van der Waals surface area contributed by atoms with Gasteiger partial charge >= 0.3 is 0 Å². The summed E-state index contributed by atoms with van der Waals surface area (Å²) >= 11 is 0. The predicted octanol–water partition coefficient (Wildman–Crippen LogP) is 2.92. The molecule has 5 nitrogen and oxygen atoms in total. The number of nitrogens with two attached hydrogens (primary N) is 1. The van der Waals surface area contributed by atoms with E-state index >= 15 is 0 Å². The smallest absolute Gasteiger partial charge is 0.223 e. The van der Waals surface area contributed by atoms with Crippen molar-refractivity contribution in [1.82, 2.24) is 9.80 Å². The molecule has 1 aliphatic carbocycles. The third-order valence-corrected chi connectivity index (χ3v) is 6.18. The number of benzene rings is 2. The molecular formula is C23H29N3O2. The third kappa shape index (κ3) is 4.36. The van der Waals surface area contributed by atoms with E-state index in [1.807, 2.05) is 4.90 Å². The molecule has 0 unspecified atom stereocenters. The van der Waals surface area contributed by atoms with E-state index < -0.39 is 0 Å². The van der Waals surface area contributed by atoms with Crippen LogP contribution in [0.4, 0.5) is 0 Å². The van der Waals surface area contributed by atoms with Crippen molar-refractivity contribution < 1.29 is 9.59 Å². The van der Waals surface area contributed by atoms with Crippen molar-refractivity contribution in [3.05, 3.63) is 48.0 Å². The lowest BCUT2D eigenvalue weighted by atomic mass is 9.96. The minimum Gasteiger partial charge on any atom is -0.369 e. The topological polar surface area (TPSA) is 66.6 Å². The van der Waals surface area contributed by atoms with Crippen LogP contribution in [-0.4, -0.2) is 47.3 Å². The average Bonchev–Trinajstić information content (AvgIpc) is 3.56. The number of carbonyl (C=O) groups is 2. The van der Waals surface area contributed by atoms with Gasteiger partial charge in [0.25, 0.3) is 0 Å². The fraction of sp³-hybridized carbons (Fsp3) is 0.478. The normalized spacial score (nSPS) is 18.0. The second kappa shape index (κ2) is 8.31. The molecule has 0 aromatic heterocycles. The summed E-state index contributed by atoms with van der Waals surface area (Å²) in [4.78, 5) is 28.3. The van der Waals surface area contributed by atoms with Gasteiger partial charge in [0.05, 0.1) is 0 Å². The molecule has 2 N–H and O–H groups in total. The fourth-order valence-corrected chi connectivity index (χ4v) is 4.29. The lowest BCUT2D eigenvalue weighted by Gasteiger charge is -2.31. The van der Waals surface area contributed by atoms with Crippen molar-refractivity contribution in [2.24, 2.45) is 11.7 Å².